The van der Waals surface area contributed by atoms with E-state index in [1.54, 1.807) is 11.2 Å². The minimum Gasteiger partial charge on any atom is -0.394 e. The SMILES string of the molecule is CCS(=O)(=O)N1CCC(NCc2c(C)nn(CCO)c2C)CC1. The quantitative estimate of drug-likeness (QED) is 0.747. The van der Waals surface area contributed by atoms with Crippen LogP contribution in [0.25, 0.3) is 0 Å². The van der Waals surface area contributed by atoms with Gasteiger partial charge in [0.25, 0.3) is 0 Å². The summed E-state index contributed by atoms with van der Waals surface area (Å²) in [6.07, 6.45) is 1.67. The predicted octanol–water partition coefficient (Wildman–Crippen LogP) is 0.396. The molecule has 8 heteroatoms. The highest BCUT2D eigenvalue weighted by Gasteiger charge is 2.26. The van der Waals surface area contributed by atoms with E-state index in [9.17, 15) is 8.42 Å². The van der Waals surface area contributed by atoms with Gasteiger partial charge >= 0.3 is 0 Å². The summed E-state index contributed by atoms with van der Waals surface area (Å²) in [7, 11) is -3.06. The van der Waals surface area contributed by atoms with Crippen molar-refractivity contribution in [1.82, 2.24) is 19.4 Å². The molecule has 1 saturated heterocycles. The number of aryl methyl sites for hydroxylation is 1. The molecule has 1 aliphatic rings. The summed E-state index contributed by atoms with van der Waals surface area (Å²) >= 11 is 0. The topological polar surface area (TPSA) is 87.5 Å². The van der Waals surface area contributed by atoms with Crippen LogP contribution in [0.15, 0.2) is 0 Å². The number of aliphatic hydroxyl groups excluding tert-OH is 1. The lowest BCUT2D eigenvalue weighted by Gasteiger charge is -2.31. The zero-order chi connectivity index (χ0) is 17.0. The Morgan fingerprint density at radius 2 is 1.96 bits per heavy atom. The van der Waals surface area contributed by atoms with Crippen LogP contribution in [-0.4, -0.2) is 59.1 Å². The van der Waals surface area contributed by atoms with Gasteiger partial charge in [0.15, 0.2) is 0 Å². The van der Waals surface area contributed by atoms with Crippen molar-refractivity contribution >= 4 is 10.0 Å². The van der Waals surface area contributed by atoms with Crippen molar-refractivity contribution in [1.29, 1.82) is 0 Å². The van der Waals surface area contributed by atoms with Crippen molar-refractivity contribution < 1.29 is 13.5 Å². The molecule has 2 rings (SSSR count). The number of aliphatic hydroxyl groups is 1. The second-order valence-corrected chi connectivity index (χ2v) is 8.31. The summed E-state index contributed by atoms with van der Waals surface area (Å²) in [5, 5.41) is 17.0. The third kappa shape index (κ3) is 4.32. The molecule has 23 heavy (non-hydrogen) atoms. The molecular weight excluding hydrogens is 316 g/mol. The van der Waals surface area contributed by atoms with Crippen LogP contribution in [0, 0.1) is 13.8 Å². The van der Waals surface area contributed by atoms with E-state index < -0.39 is 10.0 Å². The Morgan fingerprint density at radius 3 is 2.52 bits per heavy atom. The lowest BCUT2D eigenvalue weighted by molar-refractivity contribution is 0.267. The molecule has 1 aliphatic heterocycles. The summed E-state index contributed by atoms with van der Waals surface area (Å²) in [5.74, 6) is 0.174. The molecule has 0 unspecified atom stereocenters. The number of piperidine rings is 1. The Hall–Kier alpha value is -0.960. The maximum absolute atomic E-state index is 11.9. The van der Waals surface area contributed by atoms with Crippen molar-refractivity contribution in [2.24, 2.45) is 0 Å². The molecule has 1 aromatic heterocycles. The Labute approximate surface area is 138 Å². The molecule has 0 spiro atoms. The zero-order valence-electron chi connectivity index (χ0n) is 14.2. The van der Waals surface area contributed by atoms with Gasteiger partial charge in [0.2, 0.25) is 10.0 Å². The fourth-order valence-corrected chi connectivity index (χ4v) is 4.20. The highest BCUT2D eigenvalue weighted by molar-refractivity contribution is 7.89. The van der Waals surface area contributed by atoms with E-state index >= 15 is 0 Å². The van der Waals surface area contributed by atoms with Crippen LogP contribution in [0.1, 0.15) is 36.7 Å². The normalized spacial score (nSPS) is 17.7. The number of aromatic nitrogens is 2. The van der Waals surface area contributed by atoms with Gasteiger partial charge in [0.05, 0.1) is 24.6 Å². The molecule has 1 aromatic rings. The van der Waals surface area contributed by atoms with Gasteiger partial charge in [0.1, 0.15) is 0 Å². The molecule has 2 heterocycles. The fourth-order valence-electron chi connectivity index (χ4n) is 3.07. The Kier molecular flexibility index (Phi) is 6.19. The van der Waals surface area contributed by atoms with Crippen LogP contribution < -0.4 is 5.32 Å². The van der Waals surface area contributed by atoms with E-state index in [0.717, 1.165) is 30.8 Å². The van der Waals surface area contributed by atoms with Gasteiger partial charge in [-0.05, 0) is 33.6 Å². The molecule has 132 valence electrons. The molecule has 7 nitrogen and oxygen atoms in total. The van der Waals surface area contributed by atoms with Gasteiger partial charge < -0.3 is 10.4 Å². The van der Waals surface area contributed by atoms with Crippen molar-refractivity contribution in [3.8, 4) is 0 Å². The van der Waals surface area contributed by atoms with Crippen molar-refractivity contribution in [2.75, 3.05) is 25.4 Å². The van der Waals surface area contributed by atoms with E-state index in [2.05, 4.69) is 10.4 Å². The molecule has 0 radical (unpaired) electrons. The fraction of sp³-hybridized carbons (Fsp3) is 0.800. The lowest BCUT2D eigenvalue weighted by Crippen LogP contribution is -2.45. The first-order valence-corrected chi connectivity index (χ1v) is 9.85. The van der Waals surface area contributed by atoms with Crippen LogP contribution in [-0.2, 0) is 23.1 Å². The molecule has 1 fully saturated rings. The van der Waals surface area contributed by atoms with Gasteiger partial charge in [-0.3, -0.25) is 4.68 Å². The maximum atomic E-state index is 11.9. The monoisotopic (exact) mass is 344 g/mol. The van der Waals surface area contributed by atoms with E-state index in [1.807, 2.05) is 18.5 Å². The number of rotatable bonds is 7. The average Bonchev–Trinajstić information content (AvgIpc) is 2.80. The lowest BCUT2D eigenvalue weighted by atomic mass is 10.1. The van der Waals surface area contributed by atoms with Crippen LogP contribution >= 0.6 is 0 Å². The largest absolute Gasteiger partial charge is 0.394 e. The van der Waals surface area contributed by atoms with E-state index in [4.69, 9.17) is 5.11 Å². The first kappa shape index (κ1) is 18.4. The molecular formula is C15H28N4O3S. The van der Waals surface area contributed by atoms with Gasteiger partial charge in [-0.25, -0.2) is 12.7 Å². The second-order valence-electron chi connectivity index (χ2n) is 6.05. The van der Waals surface area contributed by atoms with Crippen molar-refractivity contribution in [3.63, 3.8) is 0 Å². The smallest absolute Gasteiger partial charge is 0.213 e. The third-order valence-corrected chi connectivity index (χ3v) is 6.50. The summed E-state index contributed by atoms with van der Waals surface area (Å²) in [6, 6.07) is 0.332. The second kappa shape index (κ2) is 7.74. The highest BCUT2D eigenvalue weighted by atomic mass is 32.2. The molecule has 0 atom stereocenters. The first-order valence-electron chi connectivity index (χ1n) is 8.24. The van der Waals surface area contributed by atoms with Crippen LogP contribution in [0.3, 0.4) is 0 Å². The minimum atomic E-state index is -3.06. The molecule has 2 N–H and O–H groups in total. The van der Waals surface area contributed by atoms with Gasteiger partial charge in [0, 0.05) is 36.9 Å². The summed E-state index contributed by atoms with van der Waals surface area (Å²) < 4.78 is 27.2. The van der Waals surface area contributed by atoms with E-state index in [-0.39, 0.29) is 12.4 Å². The highest BCUT2D eigenvalue weighted by Crippen LogP contribution is 2.17. The van der Waals surface area contributed by atoms with Gasteiger partial charge in [-0.2, -0.15) is 5.10 Å². The van der Waals surface area contributed by atoms with Crippen LogP contribution in [0.5, 0.6) is 0 Å². The third-order valence-electron chi connectivity index (χ3n) is 4.62. The number of hydrogen-bond acceptors (Lipinski definition) is 5. The number of hydrogen-bond donors (Lipinski definition) is 2. The Balaban J connectivity index is 1.89. The van der Waals surface area contributed by atoms with Crippen LogP contribution in [0.4, 0.5) is 0 Å². The molecule has 0 amide bonds. The average molecular weight is 344 g/mol. The Bertz CT molecular complexity index is 619. The summed E-state index contributed by atoms with van der Waals surface area (Å²) in [6.45, 7) is 8.20. The summed E-state index contributed by atoms with van der Waals surface area (Å²) in [4.78, 5) is 0. The number of nitrogens with zero attached hydrogens (tertiary/aromatic N) is 3. The minimum absolute atomic E-state index is 0.0825. The van der Waals surface area contributed by atoms with Crippen LogP contribution in [0.2, 0.25) is 0 Å². The molecule has 0 bridgehead atoms. The number of nitrogens with one attached hydrogen (secondary N) is 1. The first-order chi connectivity index (χ1) is 10.9. The molecule has 0 saturated carbocycles. The Morgan fingerprint density at radius 1 is 1.30 bits per heavy atom. The zero-order valence-corrected chi connectivity index (χ0v) is 15.1. The van der Waals surface area contributed by atoms with E-state index in [1.165, 1.54) is 5.56 Å². The standard InChI is InChI=1S/C15H28N4O3S/c1-4-23(21,22)18-7-5-14(6-8-18)16-11-15-12(2)17-19(9-10-20)13(15)3/h14,16,20H,4-11H2,1-3H3. The van der Waals surface area contributed by atoms with Crippen molar-refractivity contribution in [3.05, 3.63) is 17.0 Å². The van der Waals surface area contributed by atoms with Gasteiger partial charge in [-0.15, -0.1) is 0 Å². The maximum Gasteiger partial charge on any atom is 0.213 e. The summed E-state index contributed by atoms with van der Waals surface area (Å²) in [5.41, 5.74) is 3.23. The molecule has 0 aliphatic carbocycles. The number of sulfonamides is 1. The van der Waals surface area contributed by atoms with Crippen molar-refractivity contribution in [2.45, 2.75) is 52.7 Å². The van der Waals surface area contributed by atoms with E-state index in [0.29, 0.717) is 25.7 Å². The van der Waals surface area contributed by atoms with Gasteiger partial charge in [-0.1, -0.05) is 0 Å². The molecule has 0 aromatic carbocycles. The predicted molar refractivity (Wildman–Crippen MR) is 89.7 cm³/mol.